The number of carbonyl (C=O) groups excluding carboxylic acids is 3. The SMILES string of the molecule is CN1CC(=O)N(CCCC(=O)NCc2ccccc2-c2ccc(Cn3cccn3)cc2)C1=O. The first-order valence-electron chi connectivity index (χ1n) is 11.0. The van der Waals surface area contributed by atoms with Gasteiger partial charge in [0, 0.05) is 39.0 Å². The topological polar surface area (TPSA) is 87.5 Å². The number of nitrogens with one attached hydrogen (secondary N) is 1. The molecular formula is C25H27N5O3. The third kappa shape index (κ3) is 5.46. The molecule has 4 amide bonds. The highest BCUT2D eigenvalue weighted by Crippen LogP contribution is 2.24. The van der Waals surface area contributed by atoms with Gasteiger partial charge in [0.1, 0.15) is 6.54 Å². The normalized spacial score (nSPS) is 13.6. The Morgan fingerprint density at radius 3 is 2.55 bits per heavy atom. The van der Waals surface area contributed by atoms with Crippen LogP contribution in [0.25, 0.3) is 11.1 Å². The summed E-state index contributed by atoms with van der Waals surface area (Å²) in [5.41, 5.74) is 4.34. The predicted molar refractivity (Wildman–Crippen MR) is 124 cm³/mol. The molecule has 2 aromatic carbocycles. The fourth-order valence-electron chi connectivity index (χ4n) is 3.90. The average molecular weight is 446 g/mol. The van der Waals surface area contributed by atoms with Crippen LogP contribution in [0.2, 0.25) is 0 Å². The molecule has 1 N–H and O–H groups in total. The number of nitrogens with zero attached hydrogens (tertiary/aromatic N) is 4. The first-order chi connectivity index (χ1) is 16.0. The van der Waals surface area contributed by atoms with E-state index in [4.69, 9.17) is 0 Å². The third-order valence-electron chi connectivity index (χ3n) is 5.68. The quantitative estimate of drug-likeness (QED) is 0.513. The van der Waals surface area contributed by atoms with E-state index in [0.717, 1.165) is 28.8 Å². The van der Waals surface area contributed by atoms with E-state index in [-0.39, 0.29) is 37.4 Å². The van der Waals surface area contributed by atoms with Gasteiger partial charge in [-0.3, -0.25) is 19.2 Å². The van der Waals surface area contributed by atoms with Crippen LogP contribution in [-0.4, -0.2) is 57.6 Å². The van der Waals surface area contributed by atoms with Gasteiger partial charge in [0.05, 0.1) is 6.54 Å². The Morgan fingerprint density at radius 2 is 1.85 bits per heavy atom. The molecule has 2 heterocycles. The Balaban J connectivity index is 1.31. The minimum Gasteiger partial charge on any atom is -0.352 e. The molecule has 0 unspecified atom stereocenters. The van der Waals surface area contributed by atoms with Crippen LogP contribution in [0.3, 0.4) is 0 Å². The lowest BCUT2D eigenvalue weighted by molar-refractivity contribution is -0.126. The van der Waals surface area contributed by atoms with Crippen molar-refractivity contribution in [3.8, 4) is 11.1 Å². The number of rotatable bonds is 9. The fourth-order valence-corrected chi connectivity index (χ4v) is 3.90. The highest BCUT2D eigenvalue weighted by atomic mass is 16.2. The van der Waals surface area contributed by atoms with Gasteiger partial charge in [0.25, 0.3) is 0 Å². The number of urea groups is 1. The minimum atomic E-state index is -0.301. The number of likely N-dealkylation sites (N-methyl/N-ethyl adjacent to an activating group) is 1. The summed E-state index contributed by atoms with van der Waals surface area (Å²) in [6, 6.07) is 17.9. The van der Waals surface area contributed by atoms with Gasteiger partial charge in [-0.25, -0.2) is 4.79 Å². The molecule has 8 nitrogen and oxygen atoms in total. The molecule has 0 saturated carbocycles. The molecule has 4 rings (SSSR count). The van der Waals surface area contributed by atoms with E-state index in [0.29, 0.717) is 13.0 Å². The second-order valence-electron chi connectivity index (χ2n) is 8.12. The Kier molecular flexibility index (Phi) is 6.83. The highest BCUT2D eigenvalue weighted by Gasteiger charge is 2.32. The lowest BCUT2D eigenvalue weighted by Crippen LogP contribution is -2.33. The summed E-state index contributed by atoms with van der Waals surface area (Å²) < 4.78 is 1.88. The van der Waals surface area contributed by atoms with Crippen molar-refractivity contribution in [2.24, 2.45) is 0 Å². The standard InChI is InChI=1S/C25H27N5O3/c1-28-18-24(32)30(25(28)33)15-4-8-23(31)26-16-21-6-2-3-7-22(21)20-11-9-19(10-12-20)17-29-14-5-13-27-29/h2-3,5-7,9-14H,4,8,15-18H2,1H3,(H,26,31). The van der Waals surface area contributed by atoms with E-state index in [2.05, 4.69) is 34.7 Å². The van der Waals surface area contributed by atoms with Gasteiger partial charge in [-0.1, -0.05) is 48.5 Å². The van der Waals surface area contributed by atoms with Crippen molar-refractivity contribution in [2.45, 2.75) is 25.9 Å². The smallest absolute Gasteiger partial charge is 0.326 e. The molecule has 0 bridgehead atoms. The fraction of sp³-hybridized carbons (Fsp3) is 0.280. The van der Waals surface area contributed by atoms with Crippen molar-refractivity contribution < 1.29 is 14.4 Å². The maximum Gasteiger partial charge on any atom is 0.326 e. The van der Waals surface area contributed by atoms with E-state index in [1.165, 1.54) is 9.80 Å². The first kappa shape index (κ1) is 22.3. The number of carbonyl (C=O) groups is 3. The van der Waals surface area contributed by atoms with Gasteiger partial charge < -0.3 is 10.2 Å². The highest BCUT2D eigenvalue weighted by molar-refractivity contribution is 6.01. The van der Waals surface area contributed by atoms with Gasteiger partial charge in [-0.05, 0) is 34.7 Å². The molecule has 0 atom stereocenters. The Morgan fingerprint density at radius 1 is 1.06 bits per heavy atom. The van der Waals surface area contributed by atoms with E-state index >= 15 is 0 Å². The number of aromatic nitrogens is 2. The molecule has 33 heavy (non-hydrogen) atoms. The molecule has 1 aromatic heterocycles. The summed E-state index contributed by atoms with van der Waals surface area (Å²) in [5.74, 6) is -0.320. The molecule has 1 fully saturated rings. The lowest BCUT2D eigenvalue weighted by Gasteiger charge is -2.14. The molecule has 1 aliphatic heterocycles. The van der Waals surface area contributed by atoms with Crippen LogP contribution in [0.5, 0.6) is 0 Å². The van der Waals surface area contributed by atoms with E-state index in [1.807, 2.05) is 41.2 Å². The summed E-state index contributed by atoms with van der Waals surface area (Å²) in [5, 5.41) is 7.20. The van der Waals surface area contributed by atoms with Crippen LogP contribution in [0, 0.1) is 0 Å². The monoisotopic (exact) mass is 445 g/mol. The van der Waals surface area contributed by atoms with Crippen molar-refractivity contribution in [3.05, 3.63) is 78.1 Å². The molecule has 0 radical (unpaired) electrons. The summed E-state index contributed by atoms with van der Waals surface area (Å²) in [4.78, 5) is 38.6. The van der Waals surface area contributed by atoms with Crippen LogP contribution in [-0.2, 0) is 22.7 Å². The largest absolute Gasteiger partial charge is 0.352 e. The van der Waals surface area contributed by atoms with E-state index in [9.17, 15) is 14.4 Å². The number of amides is 4. The van der Waals surface area contributed by atoms with Crippen LogP contribution in [0.4, 0.5) is 4.79 Å². The maximum atomic E-state index is 12.3. The van der Waals surface area contributed by atoms with Gasteiger partial charge in [0.15, 0.2) is 0 Å². The molecule has 1 saturated heterocycles. The van der Waals surface area contributed by atoms with E-state index < -0.39 is 0 Å². The number of hydrogen-bond donors (Lipinski definition) is 1. The summed E-state index contributed by atoms with van der Waals surface area (Å²) >= 11 is 0. The van der Waals surface area contributed by atoms with Gasteiger partial charge in [0.2, 0.25) is 11.8 Å². The molecule has 1 aliphatic rings. The van der Waals surface area contributed by atoms with Crippen LogP contribution in [0.1, 0.15) is 24.0 Å². The number of imide groups is 1. The maximum absolute atomic E-state index is 12.3. The third-order valence-corrected chi connectivity index (χ3v) is 5.68. The van der Waals surface area contributed by atoms with Gasteiger partial charge in [-0.2, -0.15) is 5.10 Å². The Labute approximate surface area is 192 Å². The second kappa shape index (κ2) is 10.1. The van der Waals surface area contributed by atoms with Crippen molar-refractivity contribution >= 4 is 17.8 Å². The average Bonchev–Trinajstić information content (AvgIpc) is 3.41. The number of hydrogen-bond acceptors (Lipinski definition) is 4. The molecule has 0 aliphatic carbocycles. The lowest BCUT2D eigenvalue weighted by atomic mass is 9.98. The zero-order valence-corrected chi connectivity index (χ0v) is 18.6. The summed E-state index contributed by atoms with van der Waals surface area (Å²) in [6.45, 7) is 1.49. The summed E-state index contributed by atoms with van der Waals surface area (Å²) in [7, 11) is 1.59. The van der Waals surface area contributed by atoms with Crippen molar-refractivity contribution in [1.82, 2.24) is 24.9 Å². The first-order valence-corrected chi connectivity index (χ1v) is 11.0. The predicted octanol–water partition coefficient (Wildman–Crippen LogP) is 2.89. The van der Waals surface area contributed by atoms with Gasteiger partial charge >= 0.3 is 6.03 Å². The molecule has 8 heteroatoms. The molecule has 170 valence electrons. The summed E-state index contributed by atoms with van der Waals surface area (Å²) in [6.07, 6.45) is 4.40. The Bertz CT molecular complexity index is 1130. The Hall–Kier alpha value is -3.94. The molecule has 0 spiro atoms. The van der Waals surface area contributed by atoms with Crippen LogP contribution < -0.4 is 5.32 Å². The van der Waals surface area contributed by atoms with Crippen LogP contribution >= 0.6 is 0 Å². The van der Waals surface area contributed by atoms with Gasteiger partial charge in [-0.15, -0.1) is 0 Å². The second-order valence-corrected chi connectivity index (χ2v) is 8.12. The van der Waals surface area contributed by atoms with Crippen LogP contribution in [0.15, 0.2) is 67.0 Å². The van der Waals surface area contributed by atoms with E-state index in [1.54, 1.807) is 13.2 Å². The molecule has 3 aromatic rings. The van der Waals surface area contributed by atoms with Crippen molar-refractivity contribution in [3.63, 3.8) is 0 Å². The van der Waals surface area contributed by atoms with Crippen molar-refractivity contribution in [2.75, 3.05) is 20.1 Å². The zero-order valence-electron chi connectivity index (χ0n) is 18.6. The zero-order chi connectivity index (χ0) is 23.2. The van der Waals surface area contributed by atoms with Crippen molar-refractivity contribution in [1.29, 1.82) is 0 Å². The minimum absolute atomic E-state index is 0.103. The molecular weight excluding hydrogens is 418 g/mol. The number of benzene rings is 2.